The predicted octanol–water partition coefficient (Wildman–Crippen LogP) is 2.26. The molecule has 2 aromatic carbocycles. The lowest BCUT2D eigenvalue weighted by Gasteiger charge is -2.16. The van der Waals surface area contributed by atoms with Crippen molar-refractivity contribution in [3.8, 4) is 5.75 Å². The fourth-order valence-electron chi connectivity index (χ4n) is 2.36. The van der Waals surface area contributed by atoms with Crippen LogP contribution in [-0.4, -0.2) is 31.0 Å². The third-order valence-corrected chi connectivity index (χ3v) is 3.49. The van der Waals surface area contributed by atoms with E-state index in [4.69, 9.17) is 0 Å². The Morgan fingerprint density at radius 2 is 1.52 bits per heavy atom. The predicted molar refractivity (Wildman–Crippen MR) is 80.0 cm³/mol. The van der Waals surface area contributed by atoms with E-state index in [9.17, 15) is 14.7 Å². The first-order valence-electron chi connectivity index (χ1n) is 6.48. The number of carbonyl (C=O) groups is 2. The highest BCUT2D eigenvalue weighted by atomic mass is 16.3. The summed E-state index contributed by atoms with van der Waals surface area (Å²) in [5.74, 6) is -0.809. The Bertz CT molecular complexity index is 736. The number of phenols is 1. The number of hydrogen-bond acceptors (Lipinski definition) is 4. The van der Waals surface area contributed by atoms with Crippen LogP contribution in [0.4, 0.5) is 11.4 Å². The van der Waals surface area contributed by atoms with Crippen LogP contribution in [0.25, 0.3) is 0 Å². The lowest BCUT2D eigenvalue weighted by Crippen LogP contribution is -2.29. The molecule has 0 atom stereocenters. The molecule has 1 aliphatic heterocycles. The third kappa shape index (κ3) is 2.03. The number of carbonyl (C=O) groups excluding carboxylic acids is 2. The first-order chi connectivity index (χ1) is 9.99. The van der Waals surface area contributed by atoms with Crippen LogP contribution in [0.15, 0.2) is 42.5 Å². The molecule has 0 unspecified atom stereocenters. The molecule has 2 aromatic rings. The molecule has 0 aromatic heterocycles. The number of nitrogens with zero attached hydrogens (tertiary/aromatic N) is 2. The number of fused-ring (bicyclic) bond motifs is 1. The molecule has 0 radical (unpaired) electrons. The summed E-state index contributed by atoms with van der Waals surface area (Å²) < 4.78 is 0. The van der Waals surface area contributed by atoms with Gasteiger partial charge in [0.05, 0.1) is 16.8 Å². The maximum Gasteiger partial charge on any atom is 0.266 e. The molecular formula is C16H14N2O3. The van der Waals surface area contributed by atoms with Crippen LogP contribution in [0.5, 0.6) is 5.75 Å². The standard InChI is InChI=1S/C16H14N2O3/c1-17(2)10-3-5-11(6-4-10)18-15(20)13-8-7-12(19)9-14(13)16(18)21/h3-9,19H,1-2H3. The second-order valence-electron chi connectivity index (χ2n) is 5.09. The van der Waals surface area contributed by atoms with E-state index in [1.54, 1.807) is 12.1 Å². The van der Waals surface area contributed by atoms with E-state index in [0.717, 1.165) is 10.6 Å². The van der Waals surface area contributed by atoms with Crippen molar-refractivity contribution in [1.82, 2.24) is 0 Å². The molecule has 106 valence electrons. The minimum atomic E-state index is -0.413. The van der Waals surface area contributed by atoms with Crippen molar-refractivity contribution in [3.05, 3.63) is 53.6 Å². The van der Waals surface area contributed by atoms with Crippen molar-refractivity contribution in [3.63, 3.8) is 0 Å². The number of rotatable bonds is 2. The first kappa shape index (κ1) is 13.2. The van der Waals surface area contributed by atoms with E-state index in [2.05, 4.69) is 0 Å². The molecule has 0 saturated heterocycles. The van der Waals surface area contributed by atoms with Crippen LogP contribution >= 0.6 is 0 Å². The van der Waals surface area contributed by atoms with Crippen LogP contribution in [0.3, 0.4) is 0 Å². The number of phenolic OH excluding ortho intramolecular Hbond substituents is 1. The van der Waals surface area contributed by atoms with Crippen molar-refractivity contribution >= 4 is 23.2 Å². The SMILES string of the molecule is CN(C)c1ccc(N2C(=O)c3ccc(O)cc3C2=O)cc1. The monoisotopic (exact) mass is 282 g/mol. The zero-order chi connectivity index (χ0) is 15.1. The van der Waals surface area contributed by atoms with Crippen molar-refractivity contribution < 1.29 is 14.7 Å². The number of anilines is 2. The van der Waals surface area contributed by atoms with Gasteiger partial charge in [-0.3, -0.25) is 9.59 Å². The summed E-state index contributed by atoms with van der Waals surface area (Å²) in [6.07, 6.45) is 0. The van der Waals surface area contributed by atoms with Crippen LogP contribution in [0.2, 0.25) is 0 Å². The quantitative estimate of drug-likeness (QED) is 0.858. The fraction of sp³-hybridized carbons (Fsp3) is 0.125. The van der Waals surface area contributed by atoms with Gasteiger partial charge in [0.1, 0.15) is 5.75 Å². The molecular weight excluding hydrogens is 268 g/mol. The van der Waals surface area contributed by atoms with Gasteiger partial charge in [0, 0.05) is 19.8 Å². The number of imide groups is 1. The molecule has 0 saturated carbocycles. The summed E-state index contributed by atoms with van der Waals surface area (Å²) >= 11 is 0. The van der Waals surface area contributed by atoms with Gasteiger partial charge in [-0.25, -0.2) is 4.90 Å². The van der Waals surface area contributed by atoms with Crippen LogP contribution in [0.1, 0.15) is 20.7 Å². The Balaban J connectivity index is 2.01. The van der Waals surface area contributed by atoms with E-state index < -0.39 is 5.91 Å². The molecule has 5 heteroatoms. The van der Waals surface area contributed by atoms with Crippen molar-refractivity contribution in [2.45, 2.75) is 0 Å². The largest absolute Gasteiger partial charge is 0.508 e. The van der Waals surface area contributed by atoms with Gasteiger partial charge < -0.3 is 10.0 Å². The van der Waals surface area contributed by atoms with Gasteiger partial charge in [-0.05, 0) is 42.5 Å². The molecule has 1 N–H and O–H groups in total. The topological polar surface area (TPSA) is 60.9 Å². The second kappa shape index (κ2) is 4.63. The second-order valence-corrected chi connectivity index (χ2v) is 5.09. The van der Waals surface area contributed by atoms with Crippen LogP contribution in [0, 0.1) is 0 Å². The maximum absolute atomic E-state index is 12.4. The highest BCUT2D eigenvalue weighted by Gasteiger charge is 2.36. The summed E-state index contributed by atoms with van der Waals surface area (Å²) in [5, 5.41) is 9.47. The van der Waals surface area contributed by atoms with Gasteiger partial charge >= 0.3 is 0 Å². The summed E-state index contributed by atoms with van der Waals surface area (Å²) in [4.78, 5) is 27.8. The molecule has 0 aliphatic carbocycles. The molecule has 3 rings (SSSR count). The molecule has 0 bridgehead atoms. The molecule has 0 fully saturated rings. The van der Waals surface area contributed by atoms with Crippen LogP contribution in [-0.2, 0) is 0 Å². The highest BCUT2D eigenvalue weighted by molar-refractivity contribution is 6.34. The molecule has 2 amide bonds. The molecule has 1 heterocycles. The van der Waals surface area contributed by atoms with Gasteiger partial charge in [0.2, 0.25) is 0 Å². The van der Waals surface area contributed by atoms with E-state index in [0.29, 0.717) is 11.3 Å². The number of aromatic hydroxyl groups is 1. The highest BCUT2D eigenvalue weighted by Crippen LogP contribution is 2.31. The zero-order valence-corrected chi connectivity index (χ0v) is 11.7. The van der Waals surface area contributed by atoms with Gasteiger partial charge in [0.25, 0.3) is 11.8 Å². The Hall–Kier alpha value is -2.82. The average molecular weight is 282 g/mol. The van der Waals surface area contributed by atoms with Crippen molar-refractivity contribution in [2.75, 3.05) is 23.9 Å². The summed E-state index contributed by atoms with van der Waals surface area (Å²) in [6, 6.07) is 11.4. The minimum Gasteiger partial charge on any atom is -0.508 e. The molecule has 21 heavy (non-hydrogen) atoms. The summed E-state index contributed by atoms with van der Waals surface area (Å²) in [5.41, 5.74) is 2.05. The van der Waals surface area contributed by atoms with Crippen molar-refractivity contribution in [1.29, 1.82) is 0 Å². The number of benzene rings is 2. The Labute approximate surface area is 122 Å². The number of amides is 2. The van der Waals surface area contributed by atoms with Gasteiger partial charge in [-0.1, -0.05) is 0 Å². The zero-order valence-electron chi connectivity index (χ0n) is 11.7. The third-order valence-electron chi connectivity index (χ3n) is 3.49. The molecule has 1 aliphatic rings. The lowest BCUT2D eigenvalue weighted by molar-refractivity contribution is 0.0926. The number of hydrogen-bond donors (Lipinski definition) is 1. The molecule has 0 spiro atoms. The summed E-state index contributed by atoms with van der Waals surface area (Å²) in [7, 11) is 3.83. The van der Waals surface area contributed by atoms with Crippen molar-refractivity contribution in [2.24, 2.45) is 0 Å². The van der Waals surface area contributed by atoms with E-state index in [1.807, 2.05) is 31.1 Å². The normalized spacial score (nSPS) is 13.5. The first-order valence-corrected chi connectivity index (χ1v) is 6.48. The Morgan fingerprint density at radius 1 is 0.905 bits per heavy atom. The smallest absolute Gasteiger partial charge is 0.266 e. The fourth-order valence-corrected chi connectivity index (χ4v) is 2.36. The maximum atomic E-state index is 12.4. The van der Waals surface area contributed by atoms with Gasteiger partial charge in [-0.15, -0.1) is 0 Å². The lowest BCUT2D eigenvalue weighted by atomic mass is 10.1. The average Bonchev–Trinajstić information content (AvgIpc) is 2.70. The summed E-state index contributed by atoms with van der Waals surface area (Å²) in [6.45, 7) is 0. The Kier molecular flexibility index (Phi) is 2.90. The molecule has 5 nitrogen and oxygen atoms in total. The van der Waals surface area contributed by atoms with E-state index in [1.165, 1.54) is 18.2 Å². The van der Waals surface area contributed by atoms with E-state index >= 15 is 0 Å². The Morgan fingerprint density at radius 3 is 2.14 bits per heavy atom. The minimum absolute atomic E-state index is 0.0281. The van der Waals surface area contributed by atoms with Gasteiger partial charge in [0.15, 0.2) is 0 Å². The van der Waals surface area contributed by atoms with E-state index in [-0.39, 0.29) is 17.2 Å². The van der Waals surface area contributed by atoms with Gasteiger partial charge in [-0.2, -0.15) is 0 Å². The van der Waals surface area contributed by atoms with Crippen LogP contribution < -0.4 is 9.80 Å².